The second kappa shape index (κ2) is 5.59. The molecular formula is C14H18FNO2. The van der Waals surface area contributed by atoms with E-state index in [4.69, 9.17) is 4.74 Å². The molecule has 1 aromatic rings. The number of hydrogen-bond acceptors (Lipinski definition) is 3. The van der Waals surface area contributed by atoms with Crippen molar-refractivity contribution in [3.05, 3.63) is 35.6 Å². The number of aldehydes is 1. The van der Waals surface area contributed by atoms with Crippen LogP contribution in [0.15, 0.2) is 24.3 Å². The molecule has 2 rings (SSSR count). The van der Waals surface area contributed by atoms with Crippen LogP contribution >= 0.6 is 0 Å². The lowest BCUT2D eigenvalue weighted by atomic mass is 9.93. The second-order valence-electron chi connectivity index (χ2n) is 4.87. The van der Waals surface area contributed by atoms with Crippen molar-refractivity contribution in [2.45, 2.75) is 25.0 Å². The first kappa shape index (κ1) is 13.2. The topological polar surface area (TPSA) is 29.5 Å². The van der Waals surface area contributed by atoms with Gasteiger partial charge in [-0.2, -0.15) is 0 Å². The molecule has 1 aliphatic rings. The number of nitrogens with zero attached hydrogens (tertiary/aromatic N) is 1. The van der Waals surface area contributed by atoms with Gasteiger partial charge in [0.05, 0.1) is 6.61 Å². The van der Waals surface area contributed by atoms with Crippen molar-refractivity contribution in [1.82, 2.24) is 4.90 Å². The zero-order valence-corrected chi connectivity index (χ0v) is 10.6. The van der Waals surface area contributed by atoms with Crippen LogP contribution < -0.4 is 0 Å². The van der Waals surface area contributed by atoms with Gasteiger partial charge in [-0.05, 0) is 26.0 Å². The van der Waals surface area contributed by atoms with Gasteiger partial charge in [-0.25, -0.2) is 4.39 Å². The number of benzene rings is 1. The van der Waals surface area contributed by atoms with Gasteiger partial charge in [-0.15, -0.1) is 0 Å². The minimum atomic E-state index is -0.741. The highest BCUT2D eigenvalue weighted by Gasteiger charge is 2.34. The summed E-state index contributed by atoms with van der Waals surface area (Å²) < 4.78 is 19.2. The lowest BCUT2D eigenvalue weighted by molar-refractivity contribution is -0.140. The zero-order chi connectivity index (χ0) is 13.0. The van der Waals surface area contributed by atoms with Crippen molar-refractivity contribution in [1.29, 1.82) is 0 Å². The Balaban J connectivity index is 1.99. The van der Waals surface area contributed by atoms with E-state index in [1.807, 2.05) is 7.05 Å². The minimum absolute atomic E-state index is 0.148. The molecule has 0 unspecified atom stereocenters. The van der Waals surface area contributed by atoms with E-state index in [2.05, 4.69) is 4.90 Å². The summed E-state index contributed by atoms with van der Waals surface area (Å²) in [4.78, 5) is 13.4. The number of hydrogen-bond donors (Lipinski definition) is 0. The molecule has 0 N–H and O–H groups in total. The normalized spacial score (nSPS) is 19.7. The monoisotopic (exact) mass is 251 g/mol. The number of likely N-dealkylation sites (tertiary alicyclic amines) is 1. The van der Waals surface area contributed by atoms with E-state index in [-0.39, 0.29) is 12.4 Å². The van der Waals surface area contributed by atoms with Crippen molar-refractivity contribution in [3.63, 3.8) is 0 Å². The van der Waals surface area contributed by atoms with Gasteiger partial charge in [0.2, 0.25) is 0 Å². The van der Waals surface area contributed by atoms with E-state index in [1.165, 1.54) is 6.07 Å². The standard InChI is InChI=1S/C14H18FNO2/c1-16-8-6-14(11-17,7-9-16)18-10-12-4-2-3-5-13(12)15/h2-5,11H,6-10H2,1H3. The Labute approximate surface area is 107 Å². The fraction of sp³-hybridized carbons (Fsp3) is 0.500. The predicted molar refractivity (Wildman–Crippen MR) is 66.7 cm³/mol. The van der Waals surface area contributed by atoms with Gasteiger partial charge in [0.15, 0.2) is 6.29 Å². The number of carbonyl (C=O) groups excluding carboxylic acids is 1. The highest BCUT2D eigenvalue weighted by atomic mass is 19.1. The Bertz CT molecular complexity index is 414. The summed E-state index contributed by atoms with van der Waals surface area (Å²) in [6.07, 6.45) is 2.21. The average molecular weight is 251 g/mol. The van der Waals surface area contributed by atoms with Crippen LogP contribution in [0.5, 0.6) is 0 Å². The summed E-state index contributed by atoms with van der Waals surface area (Å²) in [6, 6.07) is 6.50. The largest absolute Gasteiger partial charge is 0.363 e. The van der Waals surface area contributed by atoms with E-state index in [0.717, 1.165) is 19.4 Å². The van der Waals surface area contributed by atoms with Crippen LogP contribution in [-0.2, 0) is 16.1 Å². The molecule has 0 radical (unpaired) electrons. The molecule has 0 spiro atoms. The van der Waals surface area contributed by atoms with Crippen molar-refractivity contribution >= 4 is 6.29 Å². The van der Waals surface area contributed by atoms with Gasteiger partial charge in [0, 0.05) is 18.7 Å². The first-order valence-electron chi connectivity index (χ1n) is 6.17. The molecule has 3 nitrogen and oxygen atoms in total. The number of halogens is 1. The Kier molecular flexibility index (Phi) is 4.09. The summed E-state index contributed by atoms with van der Waals surface area (Å²) in [5.74, 6) is -0.286. The minimum Gasteiger partial charge on any atom is -0.363 e. The maximum atomic E-state index is 13.5. The molecule has 1 heterocycles. The van der Waals surface area contributed by atoms with Gasteiger partial charge >= 0.3 is 0 Å². The fourth-order valence-corrected chi connectivity index (χ4v) is 2.13. The molecule has 4 heteroatoms. The molecule has 0 amide bonds. The van der Waals surface area contributed by atoms with Crippen LogP contribution in [0.25, 0.3) is 0 Å². The third kappa shape index (κ3) is 2.94. The average Bonchev–Trinajstić information content (AvgIpc) is 2.40. The fourth-order valence-electron chi connectivity index (χ4n) is 2.13. The quantitative estimate of drug-likeness (QED) is 0.767. The van der Waals surface area contributed by atoms with Crippen LogP contribution in [0.1, 0.15) is 18.4 Å². The van der Waals surface area contributed by atoms with E-state index in [1.54, 1.807) is 18.2 Å². The highest BCUT2D eigenvalue weighted by Crippen LogP contribution is 2.25. The number of ether oxygens (including phenoxy) is 1. The molecule has 1 aromatic carbocycles. The van der Waals surface area contributed by atoms with Gasteiger partial charge in [0.1, 0.15) is 11.4 Å². The Morgan fingerprint density at radius 3 is 2.67 bits per heavy atom. The van der Waals surface area contributed by atoms with Crippen molar-refractivity contribution < 1.29 is 13.9 Å². The van der Waals surface area contributed by atoms with E-state index >= 15 is 0 Å². The molecule has 98 valence electrons. The smallest absolute Gasteiger partial charge is 0.151 e. The second-order valence-corrected chi connectivity index (χ2v) is 4.87. The van der Waals surface area contributed by atoms with Gasteiger partial charge in [-0.1, -0.05) is 18.2 Å². The molecule has 0 aromatic heterocycles. The lowest BCUT2D eigenvalue weighted by Gasteiger charge is -2.36. The van der Waals surface area contributed by atoms with Crippen molar-refractivity contribution in [3.8, 4) is 0 Å². The molecule has 1 aliphatic heterocycles. The first-order chi connectivity index (χ1) is 8.65. The summed E-state index contributed by atoms with van der Waals surface area (Å²) in [5, 5.41) is 0. The molecule has 1 saturated heterocycles. The van der Waals surface area contributed by atoms with Crippen LogP contribution in [0, 0.1) is 5.82 Å². The highest BCUT2D eigenvalue weighted by molar-refractivity contribution is 5.62. The third-order valence-electron chi connectivity index (χ3n) is 3.52. The molecule has 1 fully saturated rings. The van der Waals surface area contributed by atoms with Gasteiger partial charge in [0.25, 0.3) is 0 Å². The van der Waals surface area contributed by atoms with Crippen LogP contribution in [-0.4, -0.2) is 36.9 Å². The molecule has 0 saturated carbocycles. The predicted octanol–water partition coefficient (Wildman–Crippen LogP) is 2.01. The van der Waals surface area contributed by atoms with Crippen LogP contribution in [0.2, 0.25) is 0 Å². The molecule has 18 heavy (non-hydrogen) atoms. The van der Waals surface area contributed by atoms with Gasteiger partial charge in [-0.3, -0.25) is 0 Å². The van der Waals surface area contributed by atoms with E-state index in [0.29, 0.717) is 18.4 Å². The summed E-state index contributed by atoms with van der Waals surface area (Å²) >= 11 is 0. The maximum absolute atomic E-state index is 13.5. The third-order valence-corrected chi connectivity index (χ3v) is 3.52. The van der Waals surface area contributed by atoms with Crippen LogP contribution in [0.4, 0.5) is 4.39 Å². The number of piperidine rings is 1. The first-order valence-corrected chi connectivity index (χ1v) is 6.17. The summed E-state index contributed by atoms with van der Waals surface area (Å²) in [7, 11) is 2.02. The Morgan fingerprint density at radius 1 is 1.39 bits per heavy atom. The Morgan fingerprint density at radius 2 is 2.06 bits per heavy atom. The Hall–Kier alpha value is -1.26. The number of rotatable bonds is 4. The van der Waals surface area contributed by atoms with E-state index in [9.17, 15) is 9.18 Å². The van der Waals surface area contributed by atoms with Crippen molar-refractivity contribution in [2.75, 3.05) is 20.1 Å². The SMILES string of the molecule is CN1CCC(C=O)(OCc2ccccc2F)CC1. The lowest BCUT2D eigenvalue weighted by Crippen LogP contribution is -2.45. The van der Waals surface area contributed by atoms with E-state index < -0.39 is 5.60 Å². The maximum Gasteiger partial charge on any atom is 0.151 e. The summed E-state index contributed by atoms with van der Waals surface area (Å²) in [6.45, 7) is 1.81. The van der Waals surface area contributed by atoms with Gasteiger partial charge < -0.3 is 14.4 Å². The zero-order valence-electron chi connectivity index (χ0n) is 10.6. The molecular weight excluding hydrogens is 233 g/mol. The molecule has 0 bridgehead atoms. The molecule has 0 atom stereocenters. The van der Waals surface area contributed by atoms with Crippen LogP contribution in [0.3, 0.4) is 0 Å². The van der Waals surface area contributed by atoms with Crippen molar-refractivity contribution in [2.24, 2.45) is 0 Å². The number of carbonyl (C=O) groups is 1. The summed E-state index contributed by atoms with van der Waals surface area (Å²) in [5.41, 5.74) is -0.243. The molecule has 0 aliphatic carbocycles.